The maximum Gasteiger partial charge on any atom is 0.207 e. The molecule has 0 aromatic heterocycles. The third-order valence-electron chi connectivity index (χ3n) is 7.61. The van der Waals surface area contributed by atoms with Crippen LogP contribution in [-0.4, -0.2) is 47.7 Å². The van der Waals surface area contributed by atoms with Crippen LogP contribution in [0.5, 0.6) is 34.5 Å². The molecule has 0 saturated heterocycles. The summed E-state index contributed by atoms with van der Waals surface area (Å²) >= 11 is 0. The van der Waals surface area contributed by atoms with Gasteiger partial charge in [-0.05, 0) is 69.2 Å². The molecule has 0 bridgehead atoms. The van der Waals surface area contributed by atoms with E-state index in [1.54, 1.807) is 28.4 Å². The fourth-order valence-corrected chi connectivity index (χ4v) is 5.67. The zero-order chi connectivity index (χ0) is 29.7. The van der Waals surface area contributed by atoms with Crippen molar-refractivity contribution in [2.75, 3.05) is 41.7 Å². The van der Waals surface area contributed by atoms with Crippen LogP contribution in [0.15, 0.2) is 24.3 Å². The van der Waals surface area contributed by atoms with E-state index in [4.69, 9.17) is 34.2 Å². The van der Waals surface area contributed by atoms with Gasteiger partial charge < -0.3 is 34.2 Å². The van der Waals surface area contributed by atoms with Gasteiger partial charge in [0.2, 0.25) is 11.5 Å². The summed E-state index contributed by atoms with van der Waals surface area (Å²) in [5.41, 5.74) is 7.63. The molecule has 8 nitrogen and oxygen atoms in total. The third-order valence-corrected chi connectivity index (χ3v) is 7.61. The highest BCUT2D eigenvalue weighted by atomic mass is 16.5. The number of hydrogen-bond donors (Lipinski definition) is 1. The standard InChI is InChI=1S/C32H48N2O6/c1-9-23(10-2)32(21-33,17-13-14-24(34)18-22-15-16-26(35-5)27(19-22)36-6)25-20-28(39-11-3)30(37-7)31(38-8)29(25)40-12-4/h15-16,19-20,23-24H,9-14,17-18,34H2,1-8H3. The molecule has 0 aliphatic carbocycles. The molecule has 2 aromatic rings. The van der Waals surface area contributed by atoms with Gasteiger partial charge in [-0.15, -0.1) is 0 Å². The van der Waals surface area contributed by atoms with Crippen molar-refractivity contribution in [3.8, 4) is 40.6 Å². The molecule has 2 rings (SSSR count). The van der Waals surface area contributed by atoms with E-state index in [0.717, 1.165) is 36.8 Å². The Morgan fingerprint density at radius 2 is 1.45 bits per heavy atom. The zero-order valence-electron chi connectivity index (χ0n) is 25.6. The van der Waals surface area contributed by atoms with E-state index < -0.39 is 5.41 Å². The Morgan fingerprint density at radius 3 is 1.98 bits per heavy atom. The van der Waals surface area contributed by atoms with E-state index >= 15 is 0 Å². The quantitative estimate of drug-likeness (QED) is 0.223. The Balaban J connectivity index is 2.47. The van der Waals surface area contributed by atoms with Gasteiger partial charge >= 0.3 is 0 Å². The summed E-state index contributed by atoms with van der Waals surface area (Å²) in [6.07, 6.45) is 4.52. The Hall–Kier alpha value is -3.31. The first-order chi connectivity index (χ1) is 19.3. The molecule has 2 aromatic carbocycles. The minimum atomic E-state index is -0.831. The highest BCUT2D eigenvalue weighted by molar-refractivity contribution is 5.65. The van der Waals surface area contributed by atoms with Crippen molar-refractivity contribution in [3.05, 3.63) is 35.4 Å². The molecule has 222 valence electrons. The maximum atomic E-state index is 10.9. The average Bonchev–Trinajstić information content (AvgIpc) is 2.97. The summed E-state index contributed by atoms with van der Waals surface area (Å²) in [6, 6.07) is 10.5. The second kappa shape index (κ2) is 16.1. The number of nitrogens with zero attached hydrogens (tertiary/aromatic N) is 1. The Morgan fingerprint density at radius 1 is 0.800 bits per heavy atom. The Labute approximate surface area is 240 Å². The number of ether oxygens (including phenoxy) is 6. The van der Waals surface area contributed by atoms with Crippen molar-refractivity contribution in [1.82, 2.24) is 0 Å². The van der Waals surface area contributed by atoms with Crippen LogP contribution in [0.2, 0.25) is 0 Å². The van der Waals surface area contributed by atoms with E-state index in [0.29, 0.717) is 60.6 Å². The van der Waals surface area contributed by atoms with E-state index in [1.165, 1.54) is 0 Å². The van der Waals surface area contributed by atoms with Crippen LogP contribution in [-0.2, 0) is 11.8 Å². The number of rotatable bonds is 18. The van der Waals surface area contributed by atoms with Gasteiger partial charge in [-0.3, -0.25) is 0 Å². The van der Waals surface area contributed by atoms with E-state index in [-0.39, 0.29) is 12.0 Å². The minimum Gasteiger partial charge on any atom is -0.493 e. The maximum absolute atomic E-state index is 10.9. The number of nitrogens with two attached hydrogens (primary N) is 1. The largest absolute Gasteiger partial charge is 0.493 e. The molecule has 0 amide bonds. The number of methoxy groups -OCH3 is 4. The van der Waals surface area contributed by atoms with Gasteiger partial charge in [0.05, 0.1) is 53.1 Å². The van der Waals surface area contributed by atoms with Gasteiger partial charge in [-0.2, -0.15) is 5.26 Å². The average molecular weight is 557 g/mol. The molecule has 0 saturated carbocycles. The normalized spacial score (nSPS) is 13.2. The van der Waals surface area contributed by atoms with Gasteiger partial charge in [0.25, 0.3) is 0 Å². The van der Waals surface area contributed by atoms with Gasteiger partial charge in [-0.1, -0.05) is 32.8 Å². The molecule has 0 heterocycles. The first-order valence-electron chi connectivity index (χ1n) is 14.3. The van der Waals surface area contributed by atoms with Crippen molar-refractivity contribution < 1.29 is 28.4 Å². The summed E-state index contributed by atoms with van der Waals surface area (Å²) in [7, 11) is 6.41. The topological polar surface area (TPSA) is 105 Å². The van der Waals surface area contributed by atoms with Crippen molar-refractivity contribution in [2.24, 2.45) is 11.7 Å². The molecule has 2 atom stereocenters. The second-order valence-corrected chi connectivity index (χ2v) is 9.83. The van der Waals surface area contributed by atoms with Gasteiger partial charge in [0.15, 0.2) is 23.0 Å². The molecule has 40 heavy (non-hydrogen) atoms. The monoisotopic (exact) mass is 556 g/mol. The van der Waals surface area contributed by atoms with Crippen LogP contribution in [0.3, 0.4) is 0 Å². The van der Waals surface area contributed by atoms with Gasteiger partial charge in [0.1, 0.15) is 0 Å². The molecule has 2 N–H and O–H groups in total. The van der Waals surface area contributed by atoms with Crippen LogP contribution in [0, 0.1) is 17.2 Å². The summed E-state index contributed by atoms with van der Waals surface area (Å²) < 4.78 is 34.4. The molecule has 0 aliphatic rings. The van der Waals surface area contributed by atoms with Crippen molar-refractivity contribution in [1.29, 1.82) is 5.26 Å². The number of hydrogen-bond acceptors (Lipinski definition) is 8. The lowest BCUT2D eigenvalue weighted by Gasteiger charge is -2.37. The SMILES string of the molecule is CCOc1cc(C(C#N)(CCCC(N)Cc2ccc(OC)c(OC)c2)C(CC)CC)c(OCC)c(OC)c1OC. The van der Waals surface area contributed by atoms with E-state index in [9.17, 15) is 5.26 Å². The highest BCUT2D eigenvalue weighted by Crippen LogP contribution is 2.54. The van der Waals surface area contributed by atoms with Crippen molar-refractivity contribution in [3.63, 3.8) is 0 Å². The predicted molar refractivity (Wildman–Crippen MR) is 158 cm³/mol. The van der Waals surface area contributed by atoms with Crippen LogP contribution < -0.4 is 34.2 Å². The lowest BCUT2D eigenvalue weighted by molar-refractivity contribution is 0.249. The molecule has 0 radical (unpaired) electrons. The molecular weight excluding hydrogens is 508 g/mol. The molecule has 8 heteroatoms. The Kier molecular flexibility index (Phi) is 13.2. The molecule has 2 unspecified atom stereocenters. The van der Waals surface area contributed by atoms with E-state index in [1.807, 2.05) is 38.1 Å². The zero-order valence-corrected chi connectivity index (χ0v) is 25.6. The molecule has 0 aliphatic heterocycles. The van der Waals surface area contributed by atoms with E-state index in [2.05, 4.69) is 19.9 Å². The fourth-order valence-electron chi connectivity index (χ4n) is 5.67. The molecule has 0 fully saturated rings. The van der Waals surface area contributed by atoms with Crippen molar-refractivity contribution in [2.45, 2.75) is 77.7 Å². The van der Waals surface area contributed by atoms with Crippen LogP contribution in [0.4, 0.5) is 0 Å². The highest BCUT2D eigenvalue weighted by Gasteiger charge is 2.43. The van der Waals surface area contributed by atoms with Gasteiger partial charge in [0, 0.05) is 11.6 Å². The number of nitriles is 1. The number of benzene rings is 2. The molecule has 0 spiro atoms. The first kappa shape index (κ1) is 32.9. The predicted octanol–water partition coefficient (Wildman–Crippen LogP) is 6.46. The fraction of sp³-hybridized carbons (Fsp3) is 0.594. The van der Waals surface area contributed by atoms with Crippen LogP contribution in [0.1, 0.15) is 70.9 Å². The second-order valence-electron chi connectivity index (χ2n) is 9.83. The minimum absolute atomic E-state index is 0.0769. The van der Waals surface area contributed by atoms with Crippen LogP contribution >= 0.6 is 0 Å². The lowest BCUT2D eigenvalue weighted by atomic mass is 9.65. The third kappa shape index (κ3) is 7.25. The van der Waals surface area contributed by atoms with Crippen LogP contribution in [0.25, 0.3) is 0 Å². The Bertz CT molecular complexity index is 1110. The molecular formula is C32H48N2O6. The summed E-state index contributed by atoms with van der Waals surface area (Å²) in [5.74, 6) is 3.45. The smallest absolute Gasteiger partial charge is 0.207 e. The van der Waals surface area contributed by atoms with Gasteiger partial charge in [-0.25, -0.2) is 0 Å². The lowest BCUT2D eigenvalue weighted by Crippen LogP contribution is -2.35. The summed E-state index contributed by atoms with van der Waals surface area (Å²) in [4.78, 5) is 0. The van der Waals surface area contributed by atoms with Crippen molar-refractivity contribution >= 4 is 0 Å². The first-order valence-corrected chi connectivity index (χ1v) is 14.3. The summed E-state index contributed by atoms with van der Waals surface area (Å²) in [6.45, 7) is 8.97. The summed E-state index contributed by atoms with van der Waals surface area (Å²) in [5, 5.41) is 10.9.